The fraction of sp³-hybridized carbons (Fsp3) is 0. The zero-order valence-electron chi connectivity index (χ0n) is 7.50. The van der Waals surface area contributed by atoms with Crippen molar-refractivity contribution in [2.24, 2.45) is 0 Å². The number of carbonyl (C=O) groups excluding carboxylic acids is 4. The van der Waals surface area contributed by atoms with Crippen LogP contribution in [0.1, 0.15) is 0 Å². The molecule has 86 valence electrons. The van der Waals surface area contributed by atoms with E-state index < -0.39 is 0 Å². The molecule has 0 aromatic carbocycles. The molecule has 0 saturated heterocycles. The molecule has 0 aliphatic carbocycles. The normalized spacial score (nSPS) is 6.40. The molecule has 15 heavy (non-hydrogen) atoms. The van der Waals surface area contributed by atoms with Gasteiger partial charge in [0.1, 0.15) is 12.6 Å². The Morgan fingerprint density at radius 2 is 0.933 bits per heavy atom. The summed E-state index contributed by atoms with van der Waals surface area (Å²) in [4.78, 5) is 33.8. The third kappa shape index (κ3) is 235. The van der Waals surface area contributed by atoms with Crippen molar-refractivity contribution in [3.8, 4) is 0 Å². The van der Waals surface area contributed by atoms with Crippen molar-refractivity contribution in [1.82, 2.24) is 0 Å². The fourth-order valence-corrected chi connectivity index (χ4v) is 0.0703. The summed E-state index contributed by atoms with van der Waals surface area (Å²) in [6.45, 7) is 6.50. The van der Waals surface area contributed by atoms with Crippen molar-refractivity contribution in [3.63, 3.8) is 0 Å². The van der Waals surface area contributed by atoms with E-state index in [1.165, 1.54) is 0 Å². The summed E-state index contributed by atoms with van der Waals surface area (Å²) in [5.74, 6) is 0. The first-order valence-electron chi connectivity index (χ1n) is 2.79. The van der Waals surface area contributed by atoms with Crippen LogP contribution >= 0.6 is 0 Å². The van der Waals surface area contributed by atoms with Gasteiger partial charge in [-0.05, 0) is 0 Å². The quantitative estimate of drug-likeness (QED) is 0.244. The molecule has 6 nitrogen and oxygen atoms in total. The molecule has 0 aliphatic rings. The Morgan fingerprint density at radius 1 is 0.733 bits per heavy atom. The zero-order valence-corrected chi connectivity index (χ0v) is 9.24. The van der Waals surface area contributed by atoms with Crippen LogP contribution in [-0.2, 0) is 38.7 Å². The molecule has 0 rings (SSSR count). The third-order valence-electron chi connectivity index (χ3n) is 0.329. The van der Waals surface area contributed by atoms with Gasteiger partial charge in [0, 0.05) is 12.2 Å². The summed E-state index contributed by atoms with van der Waals surface area (Å²) in [5.41, 5.74) is 0. The summed E-state index contributed by atoms with van der Waals surface area (Å²) >= 11 is 0. The Kier molecular flexibility index (Phi) is 163. The van der Waals surface area contributed by atoms with Crippen molar-refractivity contribution in [3.05, 3.63) is 24.7 Å². The molecular formula is C8H10O6Ru. The summed E-state index contributed by atoms with van der Waals surface area (Å²) < 4.78 is 0. The van der Waals surface area contributed by atoms with Crippen molar-refractivity contribution < 1.29 is 48.9 Å². The molecule has 0 heterocycles. The average molecular weight is 303 g/mol. The van der Waals surface area contributed by atoms with Crippen molar-refractivity contribution in [2.45, 2.75) is 0 Å². The minimum atomic E-state index is 0. The molecule has 0 aliphatic heterocycles. The molecule has 0 atom stereocenters. The van der Waals surface area contributed by atoms with Crippen LogP contribution in [0.25, 0.3) is 0 Å². The Hall–Kier alpha value is -1.62. The molecule has 0 amide bonds. The Morgan fingerprint density at radius 3 is 0.933 bits per heavy atom. The number of rotatable bonds is 2. The number of allylic oxidation sites excluding steroid dienone is 2. The van der Waals surface area contributed by atoms with Crippen LogP contribution in [-0.4, -0.2) is 36.4 Å². The monoisotopic (exact) mass is 304 g/mol. The molecule has 0 fully saturated rings. The van der Waals surface area contributed by atoms with Gasteiger partial charge in [0.2, 0.25) is 0 Å². The van der Waals surface area contributed by atoms with Crippen LogP contribution < -0.4 is 0 Å². The first-order valence-corrected chi connectivity index (χ1v) is 2.79. The molecule has 0 saturated carbocycles. The van der Waals surface area contributed by atoms with Gasteiger partial charge in [0.25, 0.3) is 0 Å². The van der Waals surface area contributed by atoms with Crippen molar-refractivity contribution in [2.75, 3.05) is 0 Å². The first-order chi connectivity index (χ1) is 6.83. The predicted octanol–water partition coefficient (Wildman–Crippen LogP) is -0.0367. The molecular weight excluding hydrogens is 293 g/mol. The van der Waals surface area contributed by atoms with E-state index in [1.54, 1.807) is 0 Å². The van der Waals surface area contributed by atoms with Gasteiger partial charge in [-0.15, -0.1) is 0 Å². The minimum Gasteiger partial charge on any atom is -0.545 e. The summed E-state index contributed by atoms with van der Waals surface area (Å²) in [5, 5.41) is 15.3. The van der Waals surface area contributed by atoms with Crippen LogP contribution in [0.15, 0.2) is 24.7 Å². The topological polar surface area (TPSA) is 109 Å². The van der Waals surface area contributed by atoms with E-state index in [1.807, 2.05) is 0 Å². The van der Waals surface area contributed by atoms with Gasteiger partial charge in [-0.25, -0.2) is 0 Å². The van der Waals surface area contributed by atoms with Gasteiger partial charge >= 0.3 is 19.5 Å². The van der Waals surface area contributed by atoms with Crippen LogP contribution in [0.3, 0.4) is 0 Å². The number of carbonyl (C=O) groups is 2. The molecule has 0 radical (unpaired) electrons. The number of hydrogen-bond acceptors (Lipinski definition) is 6. The maximum absolute atomic E-state index is 9.16. The predicted molar refractivity (Wildman–Crippen MR) is 49.2 cm³/mol. The van der Waals surface area contributed by atoms with E-state index in [2.05, 4.69) is 13.6 Å². The maximum Gasteiger partial charge on any atom is 2.00 e. The molecule has 0 aromatic rings. The molecule has 0 aromatic heterocycles. The van der Waals surface area contributed by atoms with Crippen LogP contribution in [0.2, 0.25) is 0 Å². The van der Waals surface area contributed by atoms with E-state index in [9.17, 15) is 0 Å². The average Bonchev–Trinajstić information content (AvgIpc) is 2.27. The van der Waals surface area contributed by atoms with Crippen LogP contribution in [0.5, 0.6) is 0 Å². The van der Waals surface area contributed by atoms with Gasteiger partial charge < -0.3 is 19.8 Å². The van der Waals surface area contributed by atoms with Gasteiger partial charge in [-0.2, -0.15) is 0 Å². The van der Waals surface area contributed by atoms with Crippen LogP contribution in [0, 0.1) is 0 Å². The molecule has 2 N–H and O–H groups in total. The largest absolute Gasteiger partial charge is 2.00 e. The summed E-state index contributed by atoms with van der Waals surface area (Å²) in [6.07, 6.45) is 4.38. The van der Waals surface area contributed by atoms with Gasteiger partial charge in [0.05, 0.1) is 12.5 Å². The molecule has 7 heteroatoms. The van der Waals surface area contributed by atoms with E-state index in [-0.39, 0.29) is 19.5 Å². The number of aliphatic hydroxyl groups is 2. The smallest absolute Gasteiger partial charge is 0.545 e. The summed E-state index contributed by atoms with van der Waals surface area (Å²) in [6, 6.07) is 0. The second-order valence-corrected chi connectivity index (χ2v) is 0.955. The van der Waals surface area contributed by atoms with Gasteiger partial charge in [0.15, 0.2) is 0 Å². The maximum atomic E-state index is 9.16. The number of aldehydes is 2. The molecule has 0 unspecified atom stereocenters. The second kappa shape index (κ2) is 83.5. The first kappa shape index (κ1) is 29.2. The summed E-state index contributed by atoms with van der Waals surface area (Å²) in [7, 11) is 0. The number of hydrogen-bond donors (Lipinski definition) is 2. The Balaban J connectivity index is -0.0000000318. The van der Waals surface area contributed by atoms with E-state index in [0.717, 1.165) is 12.2 Å². The van der Waals surface area contributed by atoms with Gasteiger partial charge in [-0.3, -0.25) is 23.2 Å². The second-order valence-electron chi connectivity index (χ2n) is 0.955. The standard InChI is InChI=1S/2C3H4O2.2CHO.Ru/c2*4-2-1-3-5;2*1-2;/h2*1-4H;2*1H;/q;;2*-1;+2/b2*2-1-;;;. The third-order valence-corrected chi connectivity index (χ3v) is 0.329. The Bertz CT molecular complexity index is 139. The van der Waals surface area contributed by atoms with E-state index in [4.69, 9.17) is 29.4 Å². The Labute approximate surface area is 100 Å². The molecule has 0 bridgehead atoms. The SMILES string of the molecule is O=C/C=C\O.O=C/C=C\O.[CH-]=O.[CH-]=O.[Ru+2]. The fourth-order valence-electron chi connectivity index (χ4n) is 0.0703. The zero-order chi connectivity index (χ0) is 12.2. The number of aliphatic hydroxyl groups excluding tert-OH is 2. The van der Waals surface area contributed by atoms with E-state index in [0.29, 0.717) is 25.1 Å². The van der Waals surface area contributed by atoms with Gasteiger partial charge in [-0.1, -0.05) is 0 Å². The molecule has 0 spiro atoms. The van der Waals surface area contributed by atoms with Crippen LogP contribution in [0.4, 0.5) is 0 Å². The minimum absolute atomic E-state index is 0. The van der Waals surface area contributed by atoms with E-state index >= 15 is 0 Å². The van der Waals surface area contributed by atoms with Crippen molar-refractivity contribution in [1.29, 1.82) is 0 Å². The van der Waals surface area contributed by atoms with Crippen molar-refractivity contribution >= 4 is 26.2 Å².